The number of hydrogen-bond donors (Lipinski definition) is 0. The highest BCUT2D eigenvalue weighted by Gasteiger charge is 2.25. The van der Waals surface area contributed by atoms with Crippen molar-refractivity contribution in [2.45, 2.75) is 32.8 Å². The Morgan fingerprint density at radius 1 is 1.16 bits per heavy atom. The number of ether oxygens (including phenoxy) is 1. The molecule has 0 aliphatic carbocycles. The second-order valence-electron chi connectivity index (χ2n) is 7.30. The molecular weight excluding hydrogens is 382 g/mol. The van der Waals surface area contributed by atoms with E-state index in [1.807, 2.05) is 44.0 Å². The van der Waals surface area contributed by atoms with E-state index in [-0.39, 0.29) is 6.09 Å². The molecule has 1 aromatic carbocycles. The zero-order valence-electron chi connectivity index (χ0n) is 15.0. The van der Waals surface area contributed by atoms with Crippen molar-refractivity contribution in [2.24, 2.45) is 0 Å². The lowest BCUT2D eigenvalue weighted by Gasteiger charge is -2.27. The first kappa shape index (κ1) is 18.0. The molecule has 1 amide bonds. The van der Waals surface area contributed by atoms with E-state index < -0.39 is 5.60 Å². The number of halogens is 1. The molecule has 0 spiro atoms. The Kier molecular flexibility index (Phi) is 5.18. The molecule has 134 valence electrons. The Morgan fingerprint density at radius 2 is 1.96 bits per heavy atom. The lowest BCUT2D eigenvalue weighted by molar-refractivity contribution is 0.0263. The third-order valence-electron chi connectivity index (χ3n) is 4.17. The first-order chi connectivity index (χ1) is 11.8. The molecule has 1 saturated heterocycles. The zero-order valence-corrected chi connectivity index (χ0v) is 16.5. The smallest absolute Gasteiger partial charge is 0.410 e. The molecule has 0 N–H and O–H groups in total. The molecule has 0 unspecified atom stereocenters. The van der Waals surface area contributed by atoms with Gasteiger partial charge in [0.25, 0.3) is 0 Å². The zero-order chi connectivity index (χ0) is 18.0. The lowest BCUT2D eigenvalue weighted by atomic mass is 10.1. The number of amides is 1. The molecule has 0 atom stereocenters. The average molecular weight is 406 g/mol. The molecule has 1 aliphatic rings. The highest BCUT2D eigenvalue weighted by atomic mass is 79.9. The molecule has 2 heterocycles. The normalized spacial score (nSPS) is 16.0. The van der Waals surface area contributed by atoms with Gasteiger partial charge in [0, 0.05) is 47.9 Å². The Morgan fingerprint density at radius 3 is 2.72 bits per heavy atom. The fourth-order valence-electron chi connectivity index (χ4n) is 3.05. The second kappa shape index (κ2) is 7.20. The standard InChI is InChI=1S/C19H24BrN3O2/c1-19(2,3)25-18(24)23-10-4-9-22(11-12-23)17-7-8-21-16-6-5-14(20)13-15(16)17/h5-8,13H,4,9-12H2,1-3H3. The third kappa shape index (κ3) is 4.42. The van der Waals surface area contributed by atoms with Crippen LogP contribution >= 0.6 is 15.9 Å². The summed E-state index contributed by atoms with van der Waals surface area (Å²) in [4.78, 5) is 20.9. The van der Waals surface area contributed by atoms with Crippen LogP contribution < -0.4 is 4.90 Å². The van der Waals surface area contributed by atoms with Crippen LogP contribution in [0.3, 0.4) is 0 Å². The summed E-state index contributed by atoms with van der Waals surface area (Å²) in [5, 5.41) is 1.13. The van der Waals surface area contributed by atoms with Crippen LogP contribution in [0.2, 0.25) is 0 Å². The molecule has 5 nitrogen and oxygen atoms in total. The number of nitrogens with zero attached hydrogens (tertiary/aromatic N) is 3. The van der Waals surface area contributed by atoms with E-state index in [9.17, 15) is 4.79 Å². The predicted molar refractivity (Wildman–Crippen MR) is 104 cm³/mol. The van der Waals surface area contributed by atoms with Gasteiger partial charge in [0.05, 0.1) is 5.52 Å². The molecule has 2 aromatic rings. The number of anilines is 1. The van der Waals surface area contributed by atoms with Crippen molar-refractivity contribution >= 4 is 38.6 Å². The fraction of sp³-hybridized carbons (Fsp3) is 0.474. The number of benzene rings is 1. The number of fused-ring (bicyclic) bond motifs is 1. The van der Waals surface area contributed by atoms with Gasteiger partial charge in [-0.1, -0.05) is 15.9 Å². The van der Waals surface area contributed by atoms with Crippen LogP contribution in [0.5, 0.6) is 0 Å². The molecule has 0 saturated carbocycles. The summed E-state index contributed by atoms with van der Waals surface area (Å²) in [6.45, 7) is 8.77. The fourth-order valence-corrected chi connectivity index (χ4v) is 3.41. The van der Waals surface area contributed by atoms with Crippen molar-refractivity contribution in [3.8, 4) is 0 Å². The number of pyridine rings is 1. The van der Waals surface area contributed by atoms with Crippen molar-refractivity contribution in [3.63, 3.8) is 0 Å². The van der Waals surface area contributed by atoms with Crippen molar-refractivity contribution in [1.82, 2.24) is 9.88 Å². The summed E-state index contributed by atoms with van der Waals surface area (Å²) in [5.41, 5.74) is 1.68. The summed E-state index contributed by atoms with van der Waals surface area (Å²) in [7, 11) is 0. The van der Waals surface area contributed by atoms with E-state index in [0.29, 0.717) is 6.54 Å². The molecule has 1 aliphatic heterocycles. The molecule has 25 heavy (non-hydrogen) atoms. The van der Waals surface area contributed by atoms with Crippen LogP contribution in [0.25, 0.3) is 10.9 Å². The largest absolute Gasteiger partial charge is 0.444 e. The number of carbonyl (C=O) groups excluding carboxylic acids is 1. The average Bonchev–Trinajstić information content (AvgIpc) is 2.78. The number of aromatic nitrogens is 1. The SMILES string of the molecule is CC(C)(C)OC(=O)N1CCCN(c2ccnc3ccc(Br)cc23)CC1. The molecule has 3 rings (SSSR count). The van der Waals surface area contributed by atoms with Gasteiger partial charge >= 0.3 is 6.09 Å². The summed E-state index contributed by atoms with van der Waals surface area (Å²) >= 11 is 3.55. The molecule has 1 fully saturated rings. The van der Waals surface area contributed by atoms with Crippen LogP contribution in [-0.2, 0) is 4.74 Å². The van der Waals surface area contributed by atoms with Crippen LogP contribution in [0.1, 0.15) is 27.2 Å². The van der Waals surface area contributed by atoms with Crippen LogP contribution in [0.15, 0.2) is 34.9 Å². The van der Waals surface area contributed by atoms with Gasteiger partial charge < -0.3 is 14.5 Å². The number of rotatable bonds is 1. The summed E-state index contributed by atoms with van der Waals surface area (Å²) in [6.07, 6.45) is 2.54. The Bertz CT molecular complexity index is 773. The van der Waals surface area contributed by atoms with Crippen molar-refractivity contribution in [2.75, 3.05) is 31.1 Å². The van der Waals surface area contributed by atoms with Crippen LogP contribution in [-0.4, -0.2) is 47.8 Å². The van der Waals surface area contributed by atoms with Crippen LogP contribution in [0.4, 0.5) is 10.5 Å². The van der Waals surface area contributed by atoms with E-state index in [1.165, 1.54) is 0 Å². The Balaban J connectivity index is 1.78. The van der Waals surface area contributed by atoms with Crippen LogP contribution in [0, 0.1) is 0 Å². The lowest BCUT2D eigenvalue weighted by Crippen LogP contribution is -2.39. The van der Waals surface area contributed by atoms with E-state index in [1.54, 1.807) is 0 Å². The predicted octanol–water partition coefficient (Wildman–Crippen LogP) is 4.44. The first-order valence-electron chi connectivity index (χ1n) is 8.61. The monoisotopic (exact) mass is 405 g/mol. The molecular formula is C19H24BrN3O2. The minimum atomic E-state index is -0.462. The quantitative estimate of drug-likeness (QED) is 0.702. The summed E-state index contributed by atoms with van der Waals surface area (Å²) in [6, 6.07) is 8.19. The van der Waals surface area contributed by atoms with Gasteiger partial charge in [-0.25, -0.2) is 4.79 Å². The maximum atomic E-state index is 12.3. The minimum Gasteiger partial charge on any atom is -0.444 e. The first-order valence-corrected chi connectivity index (χ1v) is 9.40. The maximum absolute atomic E-state index is 12.3. The van der Waals surface area contributed by atoms with E-state index in [0.717, 1.165) is 47.1 Å². The van der Waals surface area contributed by atoms with Gasteiger partial charge in [-0.05, 0) is 51.5 Å². The third-order valence-corrected chi connectivity index (χ3v) is 4.66. The molecule has 0 bridgehead atoms. The van der Waals surface area contributed by atoms with E-state index in [4.69, 9.17) is 4.74 Å². The van der Waals surface area contributed by atoms with Gasteiger partial charge in [-0.2, -0.15) is 0 Å². The molecule has 0 radical (unpaired) electrons. The van der Waals surface area contributed by atoms with Crippen molar-refractivity contribution in [1.29, 1.82) is 0 Å². The van der Waals surface area contributed by atoms with E-state index >= 15 is 0 Å². The van der Waals surface area contributed by atoms with Gasteiger partial charge in [0.1, 0.15) is 5.60 Å². The number of carbonyl (C=O) groups is 1. The topological polar surface area (TPSA) is 45.7 Å². The number of hydrogen-bond acceptors (Lipinski definition) is 4. The van der Waals surface area contributed by atoms with Gasteiger partial charge in [0.15, 0.2) is 0 Å². The van der Waals surface area contributed by atoms with Gasteiger partial charge in [-0.15, -0.1) is 0 Å². The summed E-state index contributed by atoms with van der Waals surface area (Å²) in [5.74, 6) is 0. The maximum Gasteiger partial charge on any atom is 0.410 e. The van der Waals surface area contributed by atoms with Crippen molar-refractivity contribution in [3.05, 3.63) is 34.9 Å². The Hall–Kier alpha value is -1.82. The van der Waals surface area contributed by atoms with E-state index in [2.05, 4.69) is 37.9 Å². The highest BCUT2D eigenvalue weighted by molar-refractivity contribution is 9.10. The Labute approximate surface area is 157 Å². The summed E-state index contributed by atoms with van der Waals surface area (Å²) < 4.78 is 6.55. The minimum absolute atomic E-state index is 0.225. The second-order valence-corrected chi connectivity index (χ2v) is 8.22. The molecule has 6 heteroatoms. The van der Waals surface area contributed by atoms with Gasteiger partial charge in [0.2, 0.25) is 0 Å². The molecule has 1 aromatic heterocycles. The van der Waals surface area contributed by atoms with Crippen molar-refractivity contribution < 1.29 is 9.53 Å². The van der Waals surface area contributed by atoms with Gasteiger partial charge in [-0.3, -0.25) is 4.98 Å². The highest BCUT2D eigenvalue weighted by Crippen LogP contribution is 2.29.